The van der Waals surface area contributed by atoms with Crippen LogP contribution < -0.4 is 4.74 Å². The van der Waals surface area contributed by atoms with E-state index in [9.17, 15) is 8.42 Å². The molecule has 0 spiro atoms. The average molecular weight is 333 g/mol. The molecule has 0 N–H and O–H groups in total. The summed E-state index contributed by atoms with van der Waals surface area (Å²) in [7, 11) is -1.90. The Bertz CT molecular complexity index is 806. The third kappa shape index (κ3) is 2.95. The summed E-state index contributed by atoms with van der Waals surface area (Å²) in [5, 5.41) is 1.55. The van der Waals surface area contributed by atoms with Crippen molar-refractivity contribution in [3.8, 4) is 5.75 Å². The van der Waals surface area contributed by atoms with Gasteiger partial charge in [0, 0.05) is 23.9 Å². The fraction of sp³-hybridized carbons (Fsp3) is 0.444. The SMILES string of the molecule is COc1ccc(S(=O)(=O)N2C[C@@H](C)C[C@H](C)C2)c2ccccc12. The summed E-state index contributed by atoms with van der Waals surface area (Å²) in [4.78, 5) is 0.371. The highest BCUT2D eigenvalue weighted by molar-refractivity contribution is 7.89. The van der Waals surface area contributed by atoms with Crippen molar-refractivity contribution in [2.45, 2.75) is 25.2 Å². The summed E-state index contributed by atoms with van der Waals surface area (Å²) in [6, 6.07) is 10.9. The normalized spacial score (nSPS) is 23.1. The van der Waals surface area contributed by atoms with E-state index in [1.807, 2.05) is 24.3 Å². The van der Waals surface area contributed by atoms with Gasteiger partial charge in [-0.15, -0.1) is 0 Å². The molecular weight excluding hydrogens is 310 g/mol. The van der Waals surface area contributed by atoms with Gasteiger partial charge < -0.3 is 4.74 Å². The number of rotatable bonds is 3. The number of ether oxygens (including phenoxy) is 1. The molecule has 0 unspecified atom stereocenters. The van der Waals surface area contributed by atoms with E-state index in [0.717, 1.165) is 17.2 Å². The van der Waals surface area contributed by atoms with Gasteiger partial charge in [-0.05, 0) is 30.4 Å². The maximum atomic E-state index is 13.2. The Morgan fingerprint density at radius 1 is 1.00 bits per heavy atom. The van der Waals surface area contributed by atoms with Crippen LogP contribution in [0.3, 0.4) is 0 Å². The fourth-order valence-corrected chi connectivity index (χ4v) is 5.46. The van der Waals surface area contributed by atoms with Crippen LogP contribution in [0.5, 0.6) is 5.75 Å². The van der Waals surface area contributed by atoms with Gasteiger partial charge >= 0.3 is 0 Å². The van der Waals surface area contributed by atoms with Crippen LogP contribution in [-0.2, 0) is 10.0 Å². The molecule has 0 bridgehead atoms. The number of fused-ring (bicyclic) bond motifs is 1. The molecule has 1 aliphatic heterocycles. The third-order valence-electron chi connectivity index (χ3n) is 4.52. The average Bonchev–Trinajstić information content (AvgIpc) is 2.52. The molecule has 2 atom stereocenters. The molecule has 0 saturated carbocycles. The van der Waals surface area contributed by atoms with Crippen molar-refractivity contribution in [2.24, 2.45) is 11.8 Å². The molecule has 2 aromatic rings. The van der Waals surface area contributed by atoms with Crippen molar-refractivity contribution in [3.63, 3.8) is 0 Å². The second kappa shape index (κ2) is 6.13. The van der Waals surface area contributed by atoms with E-state index in [2.05, 4.69) is 13.8 Å². The molecule has 3 rings (SSSR count). The van der Waals surface area contributed by atoms with Crippen molar-refractivity contribution in [3.05, 3.63) is 36.4 Å². The number of hydrogen-bond acceptors (Lipinski definition) is 3. The second-order valence-electron chi connectivity index (χ2n) is 6.58. The Hall–Kier alpha value is -1.59. The summed E-state index contributed by atoms with van der Waals surface area (Å²) < 4.78 is 33.4. The summed E-state index contributed by atoms with van der Waals surface area (Å²) in [5.74, 6) is 1.47. The number of hydrogen-bond donors (Lipinski definition) is 0. The van der Waals surface area contributed by atoms with E-state index in [-0.39, 0.29) is 0 Å². The van der Waals surface area contributed by atoms with Gasteiger partial charge in [0.25, 0.3) is 0 Å². The quantitative estimate of drug-likeness (QED) is 0.863. The maximum Gasteiger partial charge on any atom is 0.243 e. The summed E-state index contributed by atoms with van der Waals surface area (Å²) in [6.07, 6.45) is 1.08. The van der Waals surface area contributed by atoms with Crippen molar-refractivity contribution < 1.29 is 13.2 Å². The molecule has 1 aliphatic rings. The molecule has 0 radical (unpaired) electrons. The predicted molar refractivity (Wildman–Crippen MR) is 92.2 cm³/mol. The minimum atomic E-state index is -3.50. The van der Waals surface area contributed by atoms with E-state index < -0.39 is 10.0 Å². The van der Waals surface area contributed by atoms with Gasteiger partial charge in [-0.3, -0.25) is 0 Å². The van der Waals surface area contributed by atoms with Crippen LogP contribution in [0.15, 0.2) is 41.3 Å². The molecule has 0 aromatic heterocycles. The largest absolute Gasteiger partial charge is 0.496 e. The van der Waals surface area contributed by atoms with Gasteiger partial charge in [0.2, 0.25) is 10.0 Å². The third-order valence-corrected chi connectivity index (χ3v) is 6.41. The summed E-state index contributed by atoms with van der Waals surface area (Å²) in [5.41, 5.74) is 0. The van der Waals surface area contributed by atoms with E-state index >= 15 is 0 Å². The highest BCUT2D eigenvalue weighted by Gasteiger charge is 2.32. The first-order chi connectivity index (χ1) is 10.9. The van der Waals surface area contributed by atoms with E-state index in [0.29, 0.717) is 35.6 Å². The molecule has 1 saturated heterocycles. The Morgan fingerprint density at radius 2 is 1.61 bits per heavy atom. The van der Waals surface area contributed by atoms with Crippen LogP contribution >= 0.6 is 0 Å². The Morgan fingerprint density at radius 3 is 2.22 bits per heavy atom. The lowest BCUT2D eigenvalue weighted by molar-refractivity contribution is 0.222. The Labute approximate surface area is 138 Å². The first kappa shape index (κ1) is 16.3. The molecule has 5 heteroatoms. The van der Waals surface area contributed by atoms with E-state index in [1.54, 1.807) is 23.5 Å². The lowest BCUT2D eigenvalue weighted by Crippen LogP contribution is -2.42. The minimum Gasteiger partial charge on any atom is -0.496 e. The number of nitrogens with zero attached hydrogens (tertiary/aromatic N) is 1. The Balaban J connectivity index is 2.12. The maximum absolute atomic E-state index is 13.2. The highest BCUT2D eigenvalue weighted by atomic mass is 32.2. The van der Waals surface area contributed by atoms with Crippen LogP contribution in [-0.4, -0.2) is 32.9 Å². The number of methoxy groups -OCH3 is 1. The van der Waals surface area contributed by atoms with Gasteiger partial charge in [-0.2, -0.15) is 4.31 Å². The molecule has 0 amide bonds. The monoisotopic (exact) mass is 333 g/mol. The summed E-state index contributed by atoms with van der Waals surface area (Å²) in [6.45, 7) is 5.41. The van der Waals surface area contributed by atoms with Crippen LogP contribution in [0, 0.1) is 11.8 Å². The highest BCUT2D eigenvalue weighted by Crippen LogP contribution is 2.34. The Kier molecular flexibility index (Phi) is 4.34. The zero-order valence-electron chi connectivity index (χ0n) is 13.8. The minimum absolute atomic E-state index is 0.371. The molecule has 23 heavy (non-hydrogen) atoms. The van der Waals surface area contributed by atoms with Crippen molar-refractivity contribution in [2.75, 3.05) is 20.2 Å². The smallest absolute Gasteiger partial charge is 0.243 e. The molecule has 1 fully saturated rings. The van der Waals surface area contributed by atoms with Gasteiger partial charge in [-0.1, -0.05) is 38.1 Å². The van der Waals surface area contributed by atoms with Crippen LogP contribution in [0.2, 0.25) is 0 Å². The topological polar surface area (TPSA) is 46.6 Å². The summed E-state index contributed by atoms with van der Waals surface area (Å²) >= 11 is 0. The van der Waals surface area contributed by atoms with Crippen LogP contribution in [0.1, 0.15) is 20.3 Å². The lowest BCUT2D eigenvalue weighted by atomic mass is 9.94. The van der Waals surface area contributed by atoms with Gasteiger partial charge in [0.05, 0.1) is 12.0 Å². The van der Waals surface area contributed by atoms with E-state index in [4.69, 9.17) is 4.74 Å². The van der Waals surface area contributed by atoms with Crippen molar-refractivity contribution in [1.29, 1.82) is 0 Å². The van der Waals surface area contributed by atoms with Crippen molar-refractivity contribution >= 4 is 20.8 Å². The lowest BCUT2D eigenvalue weighted by Gasteiger charge is -2.34. The predicted octanol–water partition coefficient (Wildman–Crippen LogP) is 3.52. The van der Waals surface area contributed by atoms with E-state index in [1.165, 1.54) is 0 Å². The molecule has 4 nitrogen and oxygen atoms in total. The molecular formula is C18H23NO3S. The van der Waals surface area contributed by atoms with Gasteiger partial charge in [0.1, 0.15) is 5.75 Å². The molecule has 124 valence electrons. The number of sulfonamides is 1. The van der Waals surface area contributed by atoms with Crippen LogP contribution in [0.4, 0.5) is 0 Å². The molecule has 1 heterocycles. The molecule has 2 aromatic carbocycles. The number of piperidine rings is 1. The first-order valence-corrected chi connectivity index (χ1v) is 9.43. The zero-order valence-corrected chi connectivity index (χ0v) is 14.6. The van der Waals surface area contributed by atoms with Gasteiger partial charge in [0.15, 0.2) is 0 Å². The zero-order chi connectivity index (χ0) is 16.6. The van der Waals surface area contributed by atoms with Crippen LogP contribution in [0.25, 0.3) is 10.8 Å². The first-order valence-electron chi connectivity index (χ1n) is 7.99. The second-order valence-corrected chi connectivity index (χ2v) is 8.49. The molecule has 0 aliphatic carbocycles. The standard InChI is InChI=1S/C18H23NO3S/c1-13-10-14(2)12-19(11-13)23(20,21)18-9-8-17(22-3)15-6-4-5-7-16(15)18/h4-9,13-14H,10-12H2,1-3H3/t13-,14-/m0/s1. The van der Waals surface area contributed by atoms with Gasteiger partial charge in [-0.25, -0.2) is 8.42 Å². The fourth-order valence-electron chi connectivity index (χ4n) is 3.59. The van der Waals surface area contributed by atoms with Crippen molar-refractivity contribution in [1.82, 2.24) is 4.31 Å². The number of benzene rings is 2.